The Labute approximate surface area is 467 Å². The van der Waals surface area contributed by atoms with E-state index < -0.39 is 6.10 Å². The quantitative estimate of drug-likeness (QED) is 0.0373. The van der Waals surface area contributed by atoms with E-state index in [4.69, 9.17) is 9.47 Å². The van der Waals surface area contributed by atoms with E-state index in [1.807, 2.05) is 0 Å². The Morgan fingerprint density at radius 1 is 0.303 bits per heavy atom. The predicted molar refractivity (Wildman–Crippen MR) is 333 cm³/mol. The van der Waals surface area contributed by atoms with Gasteiger partial charge in [0.15, 0.2) is 6.10 Å². The molecule has 1 N–H and O–H groups in total. The minimum Gasteiger partial charge on any atom is -0.462 e. The van der Waals surface area contributed by atoms with E-state index in [1.165, 1.54) is 44.9 Å². The second-order valence-corrected chi connectivity index (χ2v) is 19.0. The zero-order chi connectivity index (χ0) is 54.8. The average molecular weight is 1040 g/mol. The summed E-state index contributed by atoms with van der Waals surface area (Å²) < 4.78 is 10.7. The van der Waals surface area contributed by atoms with E-state index in [0.29, 0.717) is 12.8 Å². The van der Waals surface area contributed by atoms with E-state index in [0.717, 1.165) is 148 Å². The molecule has 76 heavy (non-hydrogen) atoms. The third-order valence-electron chi connectivity index (χ3n) is 11.9. The standard InChI is InChI=1S/C71H108O5/c1-3-5-7-9-11-13-15-17-19-21-23-25-26-27-28-29-30-31-32-33-34-35-36-37-38-39-40-41-42-43-44-46-48-50-52-54-56-58-60-62-64-66-71(74)76-69(67-72)68-75-70(73)65-63-61-59-57-55-53-51-49-47-45-24-22-20-18-16-14-12-10-8-6-4-2/h5-8,11-14,17-20,23-25,27-28,30-31,33-34,36-37,39-40,42-43,45,49,51,55,57,69,72H,3-4,9-10,15-16,21-22,26,29,32,35,38,41,44,46-48,50,52-54,56,58-68H2,1-2H3/b7-5-,8-6-,13-11-,14-12-,19-17-,20-18-,25-23-,28-27-,31-30-,34-33-,37-36-,40-39-,43-42-,45-24-,51-49-,57-55-. The number of rotatable bonds is 52. The summed E-state index contributed by atoms with van der Waals surface area (Å²) in [4.78, 5) is 24.5. The van der Waals surface area contributed by atoms with Gasteiger partial charge < -0.3 is 14.6 Å². The summed E-state index contributed by atoms with van der Waals surface area (Å²) in [6.07, 6.45) is 103. The summed E-state index contributed by atoms with van der Waals surface area (Å²) in [5.41, 5.74) is 0. The molecule has 0 aliphatic rings. The highest BCUT2D eigenvalue weighted by atomic mass is 16.6. The molecule has 0 heterocycles. The molecule has 1 unspecified atom stereocenters. The Morgan fingerprint density at radius 3 is 0.816 bits per heavy atom. The molecule has 0 aromatic heterocycles. The van der Waals surface area contributed by atoms with Crippen LogP contribution in [-0.2, 0) is 19.1 Å². The van der Waals surface area contributed by atoms with Crippen LogP contribution in [0.3, 0.4) is 0 Å². The van der Waals surface area contributed by atoms with Crippen molar-refractivity contribution in [3.05, 3.63) is 194 Å². The molecule has 5 heteroatoms. The molecule has 0 aliphatic heterocycles. The lowest BCUT2D eigenvalue weighted by molar-refractivity contribution is -0.161. The Morgan fingerprint density at radius 2 is 0.526 bits per heavy atom. The highest BCUT2D eigenvalue weighted by Gasteiger charge is 2.16. The van der Waals surface area contributed by atoms with Crippen LogP contribution in [0.4, 0.5) is 0 Å². The molecule has 0 aromatic carbocycles. The van der Waals surface area contributed by atoms with Crippen molar-refractivity contribution < 1.29 is 24.2 Å². The molecule has 0 saturated heterocycles. The van der Waals surface area contributed by atoms with E-state index in [1.54, 1.807) is 0 Å². The minimum absolute atomic E-state index is 0.103. The van der Waals surface area contributed by atoms with Gasteiger partial charge in [-0.3, -0.25) is 9.59 Å². The summed E-state index contributed by atoms with van der Waals surface area (Å²) in [5, 5.41) is 9.65. The van der Waals surface area contributed by atoms with Gasteiger partial charge in [-0.05, 0) is 141 Å². The fourth-order valence-corrected chi connectivity index (χ4v) is 7.47. The molecule has 422 valence electrons. The van der Waals surface area contributed by atoms with Gasteiger partial charge in [0.25, 0.3) is 0 Å². The van der Waals surface area contributed by atoms with Crippen LogP contribution in [0.1, 0.15) is 219 Å². The first kappa shape index (κ1) is 70.7. The summed E-state index contributed by atoms with van der Waals surface area (Å²) in [6, 6.07) is 0. The SMILES string of the molecule is CC/C=C\C/C=C\C/C=C\C/C=C\C/C=C\C/C=C\C/C=C\C/C=C\C/C=C\C/C=C\CCCCCCCCCCCCC(=O)OC(CO)COC(=O)CCCC/C=C\C/C=C\C/C=C\C/C=C\C/C=C\C/C=C\CC. The number of hydrogen-bond acceptors (Lipinski definition) is 5. The lowest BCUT2D eigenvalue weighted by Crippen LogP contribution is -2.28. The summed E-state index contributed by atoms with van der Waals surface area (Å²) in [7, 11) is 0. The molecule has 0 spiro atoms. The second-order valence-electron chi connectivity index (χ2n) is 19.0. The molecule has 0 saturated carbocycles. The number of carbonyl (C=O) groups is 2. The summed E-state index contributed by atoms with van der Waals surface area (Å²) in [6.45, 7) is 3.85. The number of aliphatic hydroxyl groups excluding tert-OH is 1. The number of unbranched alkanes of at least 4 members (excludes halogenated alkanes) is 12. The van der Waals surface area contributed by atoms with Crippen molar-refractivity contribution in [1.82, 2.24) is 0 Å². The van der Waals surface area contributed by atoms with Crippen molar-refractivity contribution in [2.45, 2.75) is 225 Å². The van der Waals surface area contributed by atoms with Crippen molar-refractivity contribution in [2.75, 3.05) is 13.2 Å². The van der Waals surface area contributed by atoms with Gasteiger partial charge in [0, 0.05) is 12.8 Å². The van der Waals surface area contributed by atoms with Crippen molar-refractivity contribution in [1.29, 1.82) is 0 Å². The van der Waals surface area contributed by atoms with Gasteiger partial charge in [-0.25, -0.2) is 0 Å². The van der Waals surface area contributed by atoms with Crippen molar-refractivity contribution in [2.24, 2.45) is 0 Å². The number of allylic oxidation sites excluding steroid dienone is 32. The number of aliphatic hydroxyl groups is 1. The van der Waals surface area contributed by atoms with Gasteiger partial charge in [0.2, 0.25) is 0 Å². The van der Waals surface area contributed by atoms with Crippen LogP contribution in [0.5, 0.6) is 0 Å². The van der Waals surface area contributed by atoms with Crippen molar-refractivity contribution in [3.63, 3.8) is 0 Å². The van der Waals surface area contributed by atoms with Gasteiger partial charge in [0.05, 0.1) is 6.61 Å². The molecule has 5 nitrogen and oxygen atoms in total. The van der Waals surface area contributed by atoms with E-state index in [-0.39, 0.29) is 25.2 Å². The Balaban J connectivity index is 3.65. The lowest BCUT2D eigenvalue weighted by atomic mass is 10.0. The van der Waals surface area contributed by atoms with Crippen LogP contribution in [0.2, 0.25) is 0 Å². The third-order valence-corrected chi connectivity index (χ3v) is 11.9. The zero-order valence-corrected chi connectivity index (χ0v) is 48.2. The van der Waals surface area contributed by atoms with E-state index >= 15 is 0 Å². The monoisotopic (exact) mass is 1040 g/mol. The average Bonchev–Trinajstić information content (AvgIpc) is 3.42. The van der Waals surface area contributed by atoms with Gasteiger partial charge in [-0.15, -0.1) is 0 Å². The molecule has 0 rings (SSSR count). The third kappa shape index (κ3) is 61.3. The van der Waals surface area contributed by atoms with Gasteiger partial charge in [-0.2, -0.15) is 0 Å². The van der Waals surface area contributed by atoms with Gasteiger partial charge >= 0.3 is 11.9 Å². The fraction of sp³-hybridized carbons (Fsp3) is 0.521. The van der Waals surface area contributed by atoms with Crippen LogP contribution in [0.25, 0.3) is 0 Å². The number of ether oxygens (including phenoxy) is 2. The smallest absolute Gasteiger partial charge is 0.306 e. The van der Waals surface area contributed by atoms with Gasteiger partial charge in [0.1, 0.15) is 6.61 Å². The summed E-state index contributed by atoms with van der Waals surface area (Å²) in [5.74, 6) is -0.661. The lowest BCUT2D eigenvalue weighted by Gasteiger charge is -2.15. The maximum absolute atomic E-state index is 12.3. The summed E-state index contributed by atoms with van der Waals surface area (Å²) >= 11 is 0. The molecular formula is C71H108O5. The predicted octanol–water partition coefficient (Wildman–Crippen LogP) is 20.9. The first-order chi connectivity index (χ1) is 37.6. The number of esters is 2. The number of carbonyl (C=O) groups excluding carboxylic acids is 2. The van der Waals surface area contributed by atoms with E-state index in [2.05, 4.69) is 208 Å². The Bertz CT molecular complexity index is 1800. The molecule has 0 aromatic rings. The first-order valence-corrected chi connectivity index (χ1v) is 30.0. The fourth-order valence-electron chi connectivity index (χ4n) is 7.47. The molecular weight excluding hydrogens is 933 g/mol. The zero-order valence-electron chi connectivity index (χ0n) is 48.2. The molecule has 0 aliphatic carbocycles. The van der Waals surface area contributed by atoms with Crippen LogP contribution in [0.15, 0.2) is 194 Å². The Hall–Kier alpha value is -5.26. The second kappa shape index (κ2) is 64.0. The van der Waals surface area contributed by atoms with Crippen LogP contribution in [-0.4, -0.2) is 36.4 Å². The first-order valence-electron chi connectivity index (χ1n) is 30.0. The molecule has 0 bridgehead atoms. The van der Waals surface area contributed by atoms with Gasteiger partial charge in [-0.1, -0.05) is 260 Å². The molecule has 0 amide bonds. The number of hydrogen-bond donors (Lipinski definition) is 1. The minimum atomic E-state index is -0.808. The Kier molecular flexibility index (Phi) is 59.6. The molecule has 1 atom stereocenters. The van der Waals surface area contributed by atoms with Crippen molar-refractivity contribution in [3.8, 4) is 0 Å². The van der Waals surface area contributed by atoms with Crippen LogP contribution < -0.4 is 0 Å². The largest absolute Gasteiger partial charge is 0.462 e. The van der Waals surface area contributed by atoms with E-state index in [9.17, 15) is 14.7 Å². The highest BCUT2D eigenvalue weighted by molar-refractivity contribution is 5.70. The molecule has 0 fully saturated rings. The molecule has 0 radical (unpaired) electrons. The highest BCUT2D eigenvalue weighted by Crippen LogP contribution is 2.13. The van der Waals surface area contributed by atoms with Crippen LogP contribution in [0, 0.1) is 0 Å². The normalized spacial score (nSPS) is 13.7. The van der Waals surface area contributed by atoms with Crippen molar-refractivity contribution >= 4 is 11.9 Å². The maximum Gasteiger partial charge on any atom is 0.306 e. The van der Waals surface area contributed by atoms with Crippen LogP contribution >= 0.6 is 0 Å². The maximum atomic E-state index is 12.3. The topological polar surface area (TPSA) is 72.8 Å².